The summed E-state index contributed by atoms with van der Waals surface area (Å²) in [6, 6.07) is 19.8. The number of carbonyl (C=O) groups is 2. The normalized spacial score (nSPS) is 34.9. The zero-order valence-corrected chi connectivity index (χ0v) is 22.5. The third-order valence-electron chi connectivity index (χ3n) is 10.7. The van der Waals surface area contributed by atoms with E-state index >= 15 is 0 Å². The van der Waals surface area contributed by atoms with Crippen LogP contribution in [0.3, 0.4) is 0 Å². The Kier molecular flexibility index (Phi) is 6.05. The lowest BCUT2D eigenvalue weighted by Crippen LogP contribution is -2.57. The largest absolute Gasteiger partial charge is 0.344 e. The average molecular weight is 497 g/mol. The van der Waals surface area contributed by atoms with Crippen LogP contribution >= 0.6 is 0 Å². The van der Waals surface area contributed by atoms with Gasteiger partial charge in [-0.15, -0.1) is 0 Å². The molecule has 0 radical (unpaired) electrons. The molecular weight excluding hydrogens is 456 g/mol. The number of benzene rings is 2. The van der Waals surface area contributed by atoms with Crippen LogP contribution in [0, 0.1) is 34.5 Å². The Morgan fingerprint density at radius 3 is 2.24 bits per heavy atom. The van der Waals surface area contributed by atoms with Crippen LogP contribution in [0.15, 0.2) is 72.4 Å². The highest BCUT2D eigenvalue weighted by atomic mass is 16.2. The minimum atomic E-state index is -0.669. The Morgan fingerprint density at radius 2 is 1.59 bits per heavy atom. The molecule has 0 spiro atoms. The second-order valence-electron chi connectivity index (χ2n) is 12.6. The van der Waals surface area contributed by atoms with Crippen molar-refractivity contribution >= 4 is 11.8 Å². The van der Waals surface area contributed by atoms with Gasteiger partial charge in [0.25, 0.3) is 0 Å². The van der Waals surface area contributed by atoms with Gasteiger partial charge >= 0.3 is 0 Å². The van der Waals surface area contributed by atoms with Crippen LogP contribution in [-0.4, -0.2) is 23.8 Å². The Bertz CT molecular complexity index is 1170. The fraction of sp³-hybridized carbons (Fsp3) is 0.515. The summed E-state index contributed by atoms with van der Waals surface area (Å²) in [6.07, 6.45) is 10.6. The van der Waals surface area contributed by atoms with Crippen molar-refractivity contribution in [1.29, 1.82) is 0 Å². The zero-order valence-electron chi connectivity index (χ0n) is 22.5. The first-order valence-electron chi connectivity index (χ1n) is 14.2. The minimum absolute atomic E-state index is 0.0685. The monoisotopic (exact) mass is 496 g/mol. The molecule has 2 saturated carbocycles. The molecule has 4 aliphatic rings. The van der Waals surface area contributed by atoms with Crippen molar-refractivity contribution in [1.82, 2.24) is 10.2 Å². The van der Waals surface area contributed by atoms with Gasteiger partial charge < -0.3 is 10.2 Å². The highest BCUT2D eigenvalue weighted by Crippen LogP contribution is 2.64. The second-order valence-corrected chi connectivity index (χ2v) is 12.6. The summed E-state index contributed by atoms with van der Waals surface area (Å²) in [4.78, 5) is 29.4. The van der Waals surface area contributed by atoms with Gasteiger partial charge in [0.15, 0.2) is 0 Å². The van der Waals surface area contributed by atoms with Gasteiger partial charge in [-0.05, 0) is 72.8 Å². The molecule has 6 atom stereocenters. The van der Waals surface area contributed by atoms with Crippen LogP contribution in [0.4, 0.5) is 0 Å². The smallest absolute Gasteiger partial charge is 0.239 e. The number of allylic oxidation sites excluding steroid dienone is 2. The number of nitrogens with one attached hydrogen (secondary N) is 1. The summed E-state index contributed by atoms with van der Waals surface area (Å²) < 4.78 is 0. The molecule has 1 aliphatic heterocycles. The van der Waals surface area contributed by atoms with Gasteiger partial charge in [-0.3, -0.25) is 9.59 Å². The number of carbonyl (C=O) groups excluding carboxylic acids is 2. The zero-order chi connectivity index (χ0) is 25.8. The van der Waals surface area contributed by atoms with E-state index in [9.17, 15) is 9.59 Å². The minimum Gasteiger partial charge on any atom is -0.344 e. The molecule has 6 rings (SSSR count). The topological polar surface area (TPSA) is 49.4 Å². The van der Waals surface area contributed by atoms with E-state index in [1.165, 1.54) is 32.1 Å². The summed E-state index contributed by atoms with van der Waals surface area (Å²) in [5.74, 6) is 1.09. The molecule has 37 heavy (non-hydrogen) atoms. The number of piperidine rings is 1. The van der Waals surface area contributed by atoms with E-state index in [4.69, 9.17) is 0 Å². The van der Waals surface area contributed by atoms with Crippen LogP contribution < -0.4 is 5.32 Å². The SMILES string of the molecule is CN1C(=O)C(C(=O)NC(c2ccccc2)c2ccccc2)C[C@@]2(C)C1=CC[C@@H]1[C@H]2CC[C@]2(C)CCC[C@@H]12. The van der Waals surface area contributed by atoms with Crippen LogP contribution in [0.2, 0.25) is 0 Å². The molecule has 2 amide bonds. The maximum Gasteiger partial charge on any atom is 0.239 e. The van der Waals surface area contributed by atoms with E-state index in [-0.39, 0.29) is 23.3 Å². The molecule has 194 valence electrons. The number of likely N-dealkylation sites (tertiary alicyclic amines) is 1. The lowest BCUT2D eigenvalue weighted by Gasteiger charge is -2.58. The van der Waals surface area contributed by atoms with Crippen molar-refractivity contribution in [3.8, 4) is 0 Å². The standard InChI is InChI=1S/C33H40N2O2/c1-32-19-10-15-26(32)24-16-17-28-33(2,27(24)18-20-32)21-25(31(37)35(28)3)30(36)34-29(22-11-6-4-7-12-22)23-13-8-5-9-14-23/h4-9,11-14,17,24-27,29H,10,15-16,18-21H2,1-3H3,(H,34,36)/t24-,25?,26-,27+,32-,33+/m0/s1. The highest BCUT2D eigenvalue weighted by molar-refractivity contribution is 6.02. The third kappa shape index (κ3) is 3.95. The molecule has 2 aromatic rings. The molecule has 3 fully saturated rings. The predicted molar refractivity (Wildman–Crippen MR) is 146 cm³/mol. The van der Waals surface area contributed by atoms with E-state index in [0.717, 1.165) is 29.2 Å². The van der Waals surface area contributed by atoms with Crippen molar-refractivity contribution in [3.05, 3.63) is 83.6 Å². The van der Waals surface area contributed by atoms with Crippen molar-refractivity contribution in [3.63, 3.8) is 0 Å². The molecule has 0 aromatic heterocycles. The summed E-state index contributed by atoms with van der Waals surface area (Å²) in [5.41, 5.74) is 3.54. The maximum atomic E-state index is 13.9. The molecule has 4 heteroatoms. The van der Waals surface area contributed by atoms with Crippen molar-refractivity contribution in [2.45, 2.75) is 64.8 Å². The van der Waals surface area contributed by atoms with Gasteiger partial charge in [-0.1, -0.05) is 87.0 Å². The van der Waals surface area contributed by atoms with Gasteiger partial charge in [0, 0.05) is 18.2 Å². The summed E-state index contributed by atoms with van der Waals surface area (Å²) in [7, 11) is 1.89. The molecule has 4 nitrogen and oxygen atoms in total. The van der Waals surface area contributed by atoms with Gasteiger partial charge in [-0.25, -0.2) is 0 Å². The van der Waals surface area contributed by atoms with Crippen molar-refractivity contribution in [2.75, 3.05) is 7.05 Å². The lowest BCUT2D eigenvalue weighted by molar-refractivity contribution is -0.149. The predicted octanol–water partition coefficient (Wildman–Crippen LogP) is 6.50. The van der Waals surface area contributed by atoms with Crippen molar-refractivity contribution < 1.29 is 9.59 Å². The summed E-state index contributed by atoms with van der Waals surface area (Å²) in [6.45, 7) is 4.87. The number of hydrogen-bond donors (Lipinski definition) is 1. The Morgan fingerprint density at radius 1 is 0.946 bits per heavy atom. The molecule has 1 unspecified atom stereocenters. The van der Waals surface area contributed by atoms with E-state index < -0.39 is 5.92 Å². The molecule has 1 saturated heterocycles. The first-order valence-corrected chi connectivity index (χ1v) is 14.2. The van der Waals surface area contributed by atoms with Crippen LogP contribution in [0.1, 0.15) is 76.0 Å². The summed E-state index contributed by atoms with van der Waals surface area (Å²) >= 11 is 0. The van der Waals surface area contributed by atoms with E-state index in [0.29, 0.717) is 23.7 Å². The van der Waals surface area contributed by atoms with Gasteiger partial charge in [0.1, 0.15) is 5.92 Å². The Labute approximate surface area is 221 Å². The van der Waals surface area contributed by atoms with Crippen molar-refractivity contribution in [2.24, 2.45) is 34.5 Å². The fourth-order valence-corrected chi connectivity index (χ4v) is 8.81. The van der Waals surface area contributed by atoms with E-state index in [1.54, 1.807) is 0 Å². The van der Waals surface area contributed by atoms with Gasteiger partial charge in [0.05, 0.1) is 6.04 Å². The average Bonchev–Trinajstić information content (AvgIpc) is 3.32. The van der Waals surface area contributed by atoms with E-state index in [1.807, 2.05) is 72.6 Å². The number of rotatable bonds is 4. The number of nitrogens with zero attached hydrogens (tertiary/aromatic N) is 1. The number of amides is 2. The molecular formula is C33H40N2O2. The molecule has 1 heterocycles. The first kappa shape index (κ1) is 24.5. The van der Waals surface area contributed by atoms with Crippen LogP contribution in [0.25, 0.3) is 0 Å². The van der Waals surface area contributed by atoms with Gasteiger partial charge in [-0.2, -0.15) is 0 Å². The molecule has 1 N–H and O–H groups in total. The molecule has 3 aliphatic carbocycles. The van der Waals surface area contributed by atoms with Crippen LogP contribution in [0.5, 0.6) is 0 Å². The molecule has 0 bridgehead atoms. The summed E-state index contributed by atoms with van der Waals surface area (Å²) in [5, 5.41) is 3.29. The Hall–Kier alpha value is -2.88. The highest BCUT2D eigenvalue weighted by Gasteiger charge is 2.59. The number of fused-ring (bicyclic) bond motifs is 5. The van der Waals surface area contributed by atoms with Crippen LogP contribution in [-0.2, 0) is 9.59 Å². The second kappa shape index (κ2) is 9.15. The Balaban J connectivity index is 1.30. The molecule has 2 aromatic carbocycles. The maximum absolute atomic E-state index is 13.9. The third-order valence-corrected chi connectivity index (χ3v) is 10.7. The number of hydrogen-bond acceptors (Lipinski definition) is 2. The van der Waals surface area contributed by atoms with Gasteiger partial charge in [0.2, 0.25) is 11.8 Å². The first-order chi connectivity index (χ1) is 17.8. The fourth-order valence-electron chi connectivity index (χ4n) is 8.81. The lowest BCUT2D eigenvalue weighted by atomic mass is 9.49. The van der Waals surface area contributed by atoms with E-state index in [2.05, 4.69) is 25.2 Å². The quantitative estimate of drug-likeness (QED) is 0.492.